The first-order valence-corrected chi connectivity index (χ1v) is 9.84. The van der Waals surface area contributed by atoms with Crippen molar-refractivity contribution in [2.45, 2.75) is 39.3 Å². The first kappa shape index (κ1) is 19.2. The highest BCUT2D eigenvalue weighted by atomic mass is 32.1. The van der Waals surface area contributed by atoms with Gasteiger partial charge in [-0.25, -0.2) is 0 Å². The number of carbonyl (C=O) groups excluding carboxylic acids is 1. The van der Waals surface area contributed by atoms with Crippen molar-refractivity contribution in [2.75, 3.05) is 6.61 Å². The largest absolute Gasteiger partial charge is 0.484 e. The molecule has 0 N–H and O–H groups in total. The Kier molecular flexibility index (Phi) is 6.01. The summed E-state index contributed by atoms with van der Waals surface area (Å²) in [4.78, 5) is 15.7. The average molecular weight is 384 g/mol. The summed E-state index contributed by atoms with van der Waals surface area (Å²) in [6.07, 6.45) is 3.29. The van der Waals surface area contributed by atoms with E-state index in [1.807, 2.05) is 35.7 Å². The molecule has 0 spiro atoms. The molecule has 0 saturated heterocycles. The predicted molar refractivity (Wildman–Crippen MR) is 108 cm³/mol. The van der Waals surface area contributed by atoms with Crippen molar-refractivity contribution in [2.24, 2.45) is 0 Å². The minimum absolute atomic E-state index is 0.0120. The summed E-state index contributed by atoms with van der Waals surface area (Å²) in [6.45, 7) is 7.59. The zero-order valence-corrected chi connectivity index (χ0v) is 16.8. The number of hydrogen-bond donors (Lipinski definition) is 0. The lowest BCUT2D eigenvalue weighted by Crippen LogP contribution is -2.33. The Balaban J connectivity index is 1.63. The molecule has 142 valence electrons. The Hall–Kier alpha value is -2.53. The maximum absolute atomic E-state index is 12.8. The van der Waals surface area contributed by atoms with E-state index in [2.05, 4.69) is 32.9 Å². The molecule has 0 saturated carbocycles. The quantitative estimate of drug-likeness (QED) is 0.560. The lowest BCUT2D eigenvalue weighted by atomic mass is 9.87. The van der Waals surface area contributed by atoms with E-state index >= 15 is 0 Å². The number of ether oxygens (including phenoxy) is 1. The number of furan rings is 1. The Labute approximate surface area is 164 Å². The number of hydrogen-bond acceptors (Lipinski definition) is 4. The molecule has 1 aromatic carbocycles. The molecule has 0 aliphatic heterocycles. The monoisotopic (exact) mass is 383 g/mol. The molecule has 3 rings (SSSR count). The van der Waals surface area contributed by atoms with Crippen LogP contribution in [0.5, 0.6) is 5.75 Å². The zero-order chi connectivity index (χ0) is 19.3. The minimum atomic E-state index is -0.0514. The van der Waals surface area contributed by atoms with Gasteiger partial charge in [0.15, 0.2) is 6.61 Å². The first-order chi connectivity index (χ1) is 12.9. The number of benzene rings is 1. The molecule has 4 nitrogen and oxygen atoms in total. The van der Waals surface area contributed by atoms with E-state index in [-0.39, 0.29) is 17.9 Å². The maximum atomic E-state index is 12.8. The van der Waals surface area contributed by atoms with Crippen LogP contribution in [-0.4, -0.2) is 17.4 Å². The van der Waals surface area contributed by atoms with Crippen LogP contribution in [0.4, 0.5) is 0 Å². The van der Waals surface area contributed by atoms with Crippen molar-refractivity contribution in [3.63, 3.8) is 0 Å². The van der Waals surface area contributed by atoms with Crippen molar-refractivity contribution in [1.82, 2.24) is 4.90 Å². The van der Waals surface area contributed by atoms with Gasteiger partial charge < -0.3 is 14.1 Å². The molecule has 2 heterocycles. The fraction of sp³-hybridized carbons (Fsp3) is 0.318. The van der Waals surface area contributed by atoms with Crippen LogP contribution in [0.1, 0.15) is 36.8 Å². The second-order valence-electron chi connectivity index (χ2n) is 7.52. The van der Waals surface area contributed by atoms with E-state index in [4.69, 9.17) is 9.15 Å². The lowest BCUT2D eigenvalue weighted by molar-refractivity contribution is -0.134. The molecule has 0 unspecified atom stereocenters. The van der Waals surface area contributed by atoms with Gasteiger partial charge in [0, 0.05) is 17.0 Å². The lowest BCUT2D eigenvalue weighted by Gasteiger charge is -2.22. The normalized spacial score (nSPS) is 11.4. The maximum Gasteiger partial charge on any atom is 0.261 e. The van der Waals surface area contributed by atoms with Crippen molar-refractivity contribution in [3.8, 4) is 5.75 Å². The molecule has 0 radical (unpaired) electrons. The molecule has 1 amide bonds. The molecule has 0 aliphatic rings. The van der Waals surface area contributed by atoms with Gasteiger partial charge in [0.2, 0.25) is 0 Å². The highest BCUT2D eigenvalue weighted by Gasteiger charge is 2.17. The van der Waals surface area contributed by atoms with Crippen molar-refractivity contribution in [3.05, 3.63) is 76.4 Å². The van der Waals surface area contributed by atoms with Crippen LogP contribution in [0.25, 0.3) is 0 Å². The summed E-state index contributed by atoms with van der Waals surface area (Å²) in [6, 6.07) is 13.9. The van der Waals surface area contributed by atoms with E-state index in [1.165, 1.54) is 5.56 Å². The number of nitrogens with zero attached hydrogens (tertiary/aromatic N) is 1. The molecule has 3 aromatic rings. The van der Waals surface area contributed by atoms with E-state index in [9.17, 15) is 4.79 Å². The third-order valence-electron chi connectivity index (χ3n) is 4.32. The molecule has 27 heavy (non-hydrogen) atoms. The molecule has 0 bridgehead atoms. The van der Waals surface area contributed by atoms with Crippen LogP contribution in [-0.2, 0) is 23.3 Å². The van der Waals surface area contributed by atoms with Gasteiger partial charge in [0.25, 0.3) is 5.91 Å². The molecule has 5 heteroatoms. The summed E-state index contributed by atoms with van der Waals surface area (Å²) in [5, 5.41) is 2.02. The SMILES string of the molecule is CC(C)(C)c1ccc(OCC(=O)N(Cc2ccoc2)Cc2cccs2)cc1. The summed E-state index contributed by atoms with van der Waals surface area (Å²) in [5.74, 6) is 0.653. The van der Waals surface area contributed by atoms with Gasteiger partial charge in [-0.05, 0) is 40.6 Å². The van der Waals surface area contributed by atoms with Crippen molar-refractivity contribution in [1.29, 1.82) is 0 Å². The number of amides is 1. The van der Waals surface area contributed by atoms with E-state index < -0.39 is 0 Å². The van der Waals surface area contributed by atoms with Crippen molar-refractivity contribution >= 4 is 17.2 Å². The van der Waals surface area contributed by atoms with Gasteiger partial charge in [0.05, 0.1) is 19.1 Å². The van der Waals surface area contributed by atoms with Gasteiger partial charge in [0.1, 0.15) is 5.75 Å². The summed E-state index contributed by atoms with van der Waals surface area (Å²) in [7, 11) is 0. The van der Waals surface area contributed by atoms with Crippen LogP contribution in [0, 0.1) is 0 Å². The molecule has 0 atom stereocenters. The second-order valence-corrected chi connectivity index (χ2v) is 8.56. The Bertz CT molecular complexity index is 795. The minimum Gasteiger partial charge on any atom is -0.484 e. The van der Waals surface area contributed by atoms with Crippen LogP contribution < -0.4 is 4.74 Å². The Morgan fingerprint density at radius 3 is 2.48 bits per heavy atom. The van der Waals surface area contributed by atoms with Crippen LogP contribution in [0.2, 0.25) is 0 Å². The molecular weight excluding hydrogens is 358 g/mol. The number of thiophene rings is 1. The first-order valence-electron chi connectivity index (χ1n) is 8.96. The van der Waals surface area contributed by atoms with E-state index in [0.29, 0.717) is 18.8 Å². The third-order valence-corrected chi connectivity index (χ3v) is 5.18. The van der Waals surface area contributed by atoms with Crippen LogP contribution >= 0.6 is 11.3 Å². The standard InChI is InChI=1S/C22H25NO3S/c1-22(2,3)18-6-8-19(9-7-18)26-16-21(24)23(13-17-10-11-25-15-17)14-20-5-4-12-27-20/h4-12,15H,13-14,16H2,1-3H3. The average Bonchev–Trinajstić information content (AvgIpc) is 3.33. The predicted octanol–water partition coefficient (Wildman–Crippen LogP) is 5.25. The molecule has 2 aromatic heterocycles. The fourth-order valence-corrected chi connectivity index (χ4v) is 3.43. The summed E-state index contributed by atoms with van der Waals surface area (Å²) in [5.41, 5.74) is 2.30. The molecule has 0 aliphatic carbocycles. The number of rotatable bonds is 7. The second kappa shape index (κ2) is 8.44. The highest BCUT2D eigenvalue weighted by Crippen LogP contribution is 2.24. The van der Waals surface area contributed by atoms with Gasteiger partial charge in [-0.15, -0.1) is 11.3 Å². The van der Waals surface area contributed by atoms with Gasteiger partial charge in [-0.3, -0.25) is 4.79 Å². The van der Waals surface area contributed by atoms with Gasteiger partial charge >= 0.3 is 0 Å². The summed E-state index contributed by atoms with van der Waals surface area (Å²) < 4.78 is 10.9. The van der Waals surface area contributed by atoms with E-state index in [1.54, 1.807) is 28.8 Å². The third kappa shape index (κ3) is 5.47. The van der Waals surface area contributed by atoms with Crippen molar-refractivity contribution < 1.29 is 13.9 Å². The topological polar surface area (TPSA) is 42.7 Å². The van der Waals surface area contributed by atoms with Gasteiger partial charge in [-0.2, -0.15) is 0 Å². The van der Waals surface area contributed by atoms with Crippen LogP contribution in [0.15, 0.2) is 64.8 Å². The zero-order valence-electron chi connectivity index (χ0n) is 16.0. The highest BCUT2D eigenvalue weighted by molar-refractivity contribution is 7.09. The Morgan fingerprint density at radius 1 is 1.11 bits per heavy atom. The number of carbonyl (C=O) groups is 1. The molecular formula is C22H25NO3S. The van der Waals surface area contributed by atoms with Crippen LogP contribution in [0.3, 0.4) is 0 Å². The van der Waals surface area contributed by atoms with E-state index in [0.717, 1.165) is 10.4 Å². The fourth-order valence-electron chi connectivity index (χ4n) is 2.71. The Morgan fingerprint density at radius 2 is 1.89 bits per heavy atom. The molecule has 0 fully saturated rings. The smallest absolute Gasteiger partial charge is 0.261 e. The van der Waals surface area contributed by atoms with Gasteiger partial charge in [-0.1, -0.05) is 39.0 Å². The summed E-state index contributed by atoms with van der Waals surface area (Å²) >= 11 is 1.64.